The van der Waals surface area contributed by atoms with Gasteiger partial charge in [-0.25, -0.2) is 0 Å². The van der Waals surface area contributed by atoms with Crippen molar-refractivity contribution in [1.29, 1.82) is 0 Å². The lowest BCUT2D eigenvalue weighted by atomic mass is 10.2. The number of ether oxygens (including phenoxy) is 1. The maximum absolute atomic E-state index is 5.87. The Morgan fingerprint density at radius 2 is 2.20 bits per heavy atom. The molecule has 1 saturated heterocycles. The molecule has 6 heteroatoms. The van der Waals surface area contributed by atoms with E-state index in [-0.39, 0.29) is 24.0 Å². The second kappa shape index (κ2) is 12.6. The molecule has 1 aliphatic rings. The summed E-state index contributed by atoms with van der Waals surface area (Å²) < 4.78 is 5.28. The number of hydrogen-bond acceptors (Lipinski definition) is 3. The van der Waals surface area contributed by atoms with E-state index in [0.29, 0.717) is 12.0 Å². The number of nitrogens with zero attached hydrogens (tertiary/aromatic N) is 2. The van der Waals surface area contributed by atoms with Crippen LogP contribution in [0.15, 0.2) is 4.99 Å². The third-order valence-corrected chi connectivity index (χ3v) is 3.60. The van der Waals surface area contributed by atoms with E-state index in [2.05, 4.69) is 22.1 Å². The summed E-state index contributed by atoms with van der Waals surface area (Å²) in [5.41, 5.74) is 5.87. The lowest BCUT2D eigenvalue weighted by Gasteiger charge is -2.20. The third-order valence-electron chi connectivity index (χ3n) is 3.60. The monoisotopic (exact) mass is 398 g/mol. The Hall–Kier alpha value is -0.0800. The fraction of sp³-hybridized carbons (Fsp3) is 0.929. The van der Waals surface area contributed by atoms with E-state index >= 15 is 0 Å². The van der Waals surface area contributed by atoms with Crippen LogP contribution in [0.5, 0.6) is 0 Å². The van der Waals surface area contributed by atoms with Gasteiger partial charge in [-0.2, -0.15) is 0 Å². The summed E-state index contributed by atoms with van der Waals surface area (Å²) in [6.45, 7) is 9.89. The lowest BCUT2D eigenvalue weighted by Crippen LogP contribution is -2.36. The third kappa shape index (κ3) is 8.26. The summed E-state index contributed by atoms with van der Waals surface area (Å²) in [6.07, 6.45) is 4.68. The average molecular weight is 398 g/mol. The van der Waals surface area contributed by atoms with E-state index in [1.807, 2.05) is 6.92 Å². The number of unbranched alkanes of at least 4 members (excludes halogenated alkanes) is 1. The van der Waals surface area contributed by atoms with Gasteiger partial charge in [0, 0.05) is 25.8 Å². The van der Waals surface area contributed by atoms with Crippen molar-refractivity contribution >= 4 is 29.9 Å². The summed E-state index contributed by atoms with van der Waals surface area (Å²) in [5.74, 6) is 0.583. The molecule has 1 aliphatic heterocycles. The summed E-state index contributed by atoms with van der Waals surface area (Å²) in [4.78, 5) is 6.93. The molecule has 0 saturated carbocycles. The van der Waals surface area contributed by atoms with E-state index in [1.165, 1.54) is 19.4 Å². The van der Waals surface area contributed by atoms with Gasteiger partial charge in [-0.05, 0) is 45.7 Å². The van der Waals surface area contributed by atoms with Crippen LogP contribution in [-0.2, 0) is 4.74 Å². The quantitative estimate of drug-likeness (QED) is 0.269. The smallest absolute Gasteiger partial charge is 0.188 e. The second-order valence-corrected chi connectivity index (χ2v) is 4.98. The highest BCUT2D eigenvalue weighted by Gasteiger charge is 2.22. The molecule has 1 atom stereocenters. The standard InChI is InChI=1S/C14H30N4O.HI/c1-3-18-10-7-8-13(18)12-17-14(15)16-9-5-6-11-19-4-2;/h13H,3-12H2,1-2H3,(H3,15,16,17);1H. The van der Waals surface area contributed by atoms with Crippen molar-refractivity contribution in [3.63, 3.8) is 0 Å². The molecule has 1 fully saturated rings. The Balaban J connectivity index is 0.00000361. The van der Waals surface area contributed by atoms with E-state index in [0.717, 1.165) is 45.7 Å². The Labute approximate surface area is 140 Å². The van der Waals surface area contributed by atoms with Crippen molar-refractivity contribution in [2.24, 2.45) is 10.7 Å². The number of likely N-dealkylation sites (tertiary alicyclic amines) is 1. The minimum absolute atomic E-state index is 0. The molecule has 120 valence electrons. The van der Waals surface area contributed by atoms with Crippen LogP contribution in [0.1, 0.15) is 39.5 Å². The molecule has 1 rings (SSSR count). The molecule has 0 aromatic heterocycles. The molecule has 0 aromatic carbocycles. The van der Waals surface area contributed by atoms with E-state index in [4.69, 9.17) is 10.5 Å². The van der Waals surface area contributed by atoms with Gasteiger partial charge in [-0.15, -0.1) is 24.0 Å². The maximum Gasteiger partial charge on any atom is 0.188 e. The summed E-state index contributed by atoms with van der Waals surface area (Å²) in [5, 5.41) is 3.17. The Bertz CT molecular complexity index is 264. The van der Waals surface area contributed by atoms with E-state index in [1.54, 1.807) is 0 Å². The molecular weight excluding hydrogens is 367 g/mol. The van der Waals surface area contributed by atoms with Crippen LogP contribution in [0.3, 0.4) is 0 Å². The zero-order chi connectivity index (χ0) is 13.9. The van der Waals surface area contributed by atoms with Crippen molar-refractivity contribution in [3.05, 3.63) is 0 Å². The summed E-state index contributed by atoms with van der Waals surface area (Å²) >= 11 is 0. The molecule has 1 unspecified atom stereocenters. The Morgan fingerprint density at radius 3 is 2.90 bits per heavy atom. The van der Waals surface area contributed by atoms with Gasteiger partial charge in [0.2, 0.25) is 0 Å². The molecule has 0 aliphatic carbocycles. The van der Waals surface area contributed by atoms with E-state index < -0.39 is 0 Å². The molecule has 20 heavy (non-hydrogen) atoms. The van der Waals surface area contributed by atoms with Crippen LogP contribution in [0.25, 0.3) is 0 Å². The predicted octanol–water partition coefficient (Wildman–Crippen LogP) is 1.81. The van der Waals surface area contributed by atoms with Crippen LogP contribution >= 0.6 is 24.0 Å². The number of aliphatic imine (C=N–C) groups is 1. The number of guanidine groups is 1. The number of rotatable bonds is 9. The SMILES string of the molecule is CCOCCCCNC(N)=NCC1CCCN1CC.I. The van der Waals surface area contributed by atoms with Gasteiger partial charge in [0.25, 0.3) is 0 Å². The topological polar surface area (TPSA) is 62.9 Å². The molecule has 5 nitrogen and oxygen atoms in total. The van der Waals surface area contributed by atoms with Gasteiger partial charge in [0.1, 0.15) is 0 Å². The van der Waals surface area contributed by atoms with Crippen molar-refractivity contribution in [3.8, 4) is 0 Å². The van der Waals surface area contributed by atoms with Crippen LogP contribution in [0, 0.1) is 0 Å². The maximum atomic E-state index is 5.87. The Kier molecular flexibility index (Phi) is 12.6. The lowest BCUT2D eigenvalue weighted by molar-refractivity contribution is 0.143. The minimum atomic E-state index is 0. The normalized spacial score (nSPS) is 19.9. The number of likely N-dealkylation sites (N-methyl/N-ethyl adjacent to an activating group) is 1. The molecule has 0 spiro atoms. The number of halogens is 1. The fourth-order valence-electron chi connectivity index (χ4n) is 2.47. The molecular formula is C14H31IN4O. The van der Waals surface area contributed by atoms with E-state index in [9.17, 15) is 0 Å². The molecule has 0 radical (unpaired) electrons. The van der Waals surface area contributed by atoms with Crippen molar-refractivity contribution in [2.75, 3.05) is 39.4 Å². The molecule has 0 amide bonds. The van der Waals surface area contributed by atoms with Crippen molar-refractivity contribution in [1.82, 2.24) is 10.2 Å². The van der Waals surface area contributed by atoms with Crippen molar-refractivity contribution < 1.29 is 4.74 Å². The molecule has 3 N–H and O–H groups in total. The zero-order valence-corrected chi connectivity index (χ0v) is 15.3. The first-order valence-electron chi connectivity index (χ1n) is 7.63. The Morgan fingerprint density at radius 1 is 1.40 bits per heavy atom. The van der Waals surface area contributed by atoms with Crippen LogP contribution in [0.4, 0.5) is 0 Å². The highest BCUT2D eigenvalue weighted by molar-refractivity contribution is 14.0. The summed E-state index contributed by atoms with van der Waals surface area (Å²) in [6, 6.07) is 0.586. The van der Waals surface area contributed by atoms with Gasteiger partial charge in [0.15, 0.2) is 5.96 Å². The van der Waals surface area contributed by atoms with Crippen LogP contribution < -0.4 is 11.1 Å². The molecule has 0 aromatic rings. The zero-order valence-electron chi connectivity index (χ0n) is 12.9. The number of nitrogens with one attached hydrogen (secondary N) is 1. The number of hydrogen-bond donors (Lipinski definition) is 2. The second-order valence-electron chi connectivity index (χ2n) is 4.98. The van der Waals surface area contributed by atoms with Crippen LogP contribution in [0.2, 0.25) is 0 Å². The molecule has 0 bridgehead atoms. The van der Waals surface area contributed by atoms with Gasteiger partial charge >= 0.3 is 0 Å². The first-order valence-corrected chi connectivity index (χ1v) is 7.63. The van der Waals surface area contributed by atoms with Gasteiger partial charge in [-0.1, -0.05) is 6.92 Å². The van der Waals surface area contributed by atoms with Gasteiger partial charge in [0.05, 0.1) is 6.54 Å². The highest BCUT2D eigenvalue weighted by atomic mass is 127. The summed E-state index contributed by atoms with van der Waals surface area (Å²) in [7, 11) is 0. The average Bonchev–Trinajstić information content (AvgIpc) is 2.88. The minimum Gasteiger partial charge on any atom is -0.382 e. The first-order chi connectivity index (χ1) is 9.27. The van der Waals surface area contributed by atoms with Gasteiger partial charge in [-0.3, -0.25) is 9.89 Å². The molecule has 1 heterocycles. The van der Waals surface area contributed by atoms with Crippen molar-refractivity contribution in [2.45, 2.75) is 45.6 Å². The predicted molar refractivity (Wildman–Crippen MR) is 95.9 cm³/mol. The van der Waals surface area contributed by atoms with Crippen LogP contribution in [-0.4, -0.2) is 56.3 Å². The highest BCUT2D eigenvalue weighted by Crippen LogP contribution is 2.16. The number of nitrogens with two attached hydrogens (primary N) is 1. The largest absolute Gasteiger partial charge is 0.382 e. The fourth-order valence-corrected chi connectivity index (χ4v) is 2.47. The van der Waals surface area contributed by atoms with Gasteiger partial charge < -0.3 is 15.8 Å². The first kappa shape index (κ1) is 19.9.